The fourth-order valence-corrected chi connectivity index (χ4v) is 2.57. The monoisotopic (exact) mass is 477 g/mol. The first kappa shape index (κ1) is 33.3. The fourth-order valence-electron chi connectivity index (χ4n) is 2.57. The van der Waals surface area contributed by atoms with Crippen LogP contribution in [0, 0.1) is 0 Å². The molecule has 1 aromatic rings. The van der Waals surface area contributed by atoms with E-state index in [0.717, 1.165) is 17.6 Å². The number of amides is 2. The lowest BCUT2D eigenvalue weighted by atomic mass is 10.1. The van der Waals surface area contributed by atoms with Crippen molar-refractivity contribution in [2.75, 3.05) is 11.9 Å². The molecule has 0 saturated heterocycles. The Morgan fingerprint density at radius 1 is 0.943 bits per heavy atom. The molecule has 5 nitrogen and oxygen atoms in total. The Morgan fingerprint density at radius 3 is 2.03 bits per heavy atom. The van der Waals surface area contributed by atoms with Crippen molar-refractivity contribution in [1.82, 2.24) is 5.32 Å². The van der Waals surface area contributed by atoms with Crippen LogP contribution in [0.3, 0.4) is 0 Å². The van der Waals surface area contributed by atoms with Crippen LogP contribution in [0.25, 0.3) is 0 Å². The van der Waals surface area contributed by atoms with Gasteiger partial charge in [-0.15, -0.1) is 0 Å². The van der Waals surface area contributed by atoms with Gasteiger partial charge >= 0.3 is 0 Å². The number of carbonyl (C=O) groups excluding carboxylic acids is 2. The van der Waals surface area contributed by atoms with Gasteiger partial charge in [0.15, 0.2) is 0 Å². The molecule has 0 aliphatic heterocycles. The summed E-state index contributed by atoms with van der Waals surface area (Å²) in [4.78, 5) is 24.5. The molecule has 0 fully saturated rings. The zero-order valence-electron chi connectivity index (χ0n) is 22.1. The molecule has 0 unspecified atom stereocenters. The summed E-state index contributed by atoms with van der Waals surface area (Å²) in [6.07, 6.45) is 15.3. The lowest BCUT2D eigenvalue weighted by molar-refractivity contribution is -0.112. The number of rotatable bonds is 12. The largest absolute Gasteiger partial charge is 0.402 e. The number of benzene rings is 1. The van der Waals surface area contributed by atoms with E-state index >= 15 is 0 Å². The molecule has 35 heavy (non-hydrogen) atoms. The molecule has 0 aliphatic carbocycles. The highest BCUT2D eigenvalue weighted by Crippen LogP contribution is 2.12. The Kier molecular flexibility index (Phi) is 20.9. The van der Waals surface area contributed by atoms with Crippen LogP contribution >= 0.6 is 0 Å². The van der Waals surface area contributed by atoms with Crippen molar-refractivity contribution < 1.29 is 9.59 Å². The van der Waals surface area contributed by atoms with Crippen molar-refractivity contribution in [1.29, 1.82) is 0 Å². The Labute approximate surface area is 212 Å². The first-order valence-electron chi connectivity index (χ1n) is 12.0. The molecular weight excluding hydrogens is 434 g/mol. The third-order valence-electron chi connectivity index (χ3n) is 4.09. The van der Waals surface area contributed by atoms with E-state index in [1.54, 1.807) is 48.6 Å². The van der Waals surface area contributed by atoms with Gasteiger partial charge in [-0.05, 0) is 41.8 Å². The summed E-state index contributed by atoms with van der Waals surface area (Å²) in [6, 6.07) is 6.61. The second kappa shape index (κ2) is 22.0. The number of carbonyl (C=O) groups is 2. The highest BCUT2D eigenvalue weighted by atomic mass is 16.2. The van der Waals surface area contributed by atoms with Crippen LogP contribution in [0.4, 0.5) is 5.69 Å². The van der Waals surface area contributed by atoms with Crippen LogP contribution in [-0.2, 0) is 4.79 Å². The maximum atomic E-state index is 12.2. The molecule has 0 radical (unpaired) electrons. The lowest BCUT2D eigenvalue weighted by Gasteiger charge is -2.08. The number of nitrogens with one attached hydrogen (secondary N) is 2. The van der Waals surface area contributed by atoms with E-state index < -0.39 is 0 Å². The first-order chi connectivity index (χ1) is 16.9. The minimum absolute atomic E-state index is 0.222. The molecule has 0 aromatic heterocycles. The van der Waals surface area contributed by atoms with Crippen LogP contribution in [-0.4, -0.2) is 18.4 Å². The van der Waals surface area contributed by atoms with Gasteiger partial charge in [0, 0.05) is 36.0 Å². The Balaban J connectivity index is 0. The van der Waals surface area contributed by atoms with Crippen LogP contribution in [0.15, 0.2) is 109 Å². The zero-order valence-corrected chi connectivity index (χ0v) is 22.1. The van der Waals surface area contributed by atoms with Crippen molar-refractivity contribution in [3.05, 3.63) is 115 Å². The number of allylic oxidation sites excluding steroid dienone is 7. The second-order valence-corrected chi connectivity index (χ2v) is 6.61. The van der Waals surface area contributed by atoms with E-state index in [1.807, 2.05) is 52.8 Å². The van der Waals surface area contributed by atoms with Gasteiger partial charge in [0.25, 0.3) is 5.91 Å². The standard InChI is InChI=1S/C26H31N3O2.2C2H6/c1-5-9-12-21(11-7-3)17-23(27)18-25(30)29-24-15-13-22(14-16-24)26(31)28-19-20(8-4)10-6-2;2*1-2/h6-16,18H,2-5,17,19,27H2,1H3,(H,28,31)(H,29,30);2*1-2H3/b12-9-,20-10+,21-11+,23-18-;;. The molecule has 0 bridgehead atoms. The highest BCUT2D eigenvalue weighted by Gasteiger charge is 2.07. The first-order valence-corrected chi connectivity index (χ1v) is 12.0. The second-order valence-electron chi connectivity index (χ2n) is 6.61. The summed E-state index contributed by atoms with van der Waals surface area (Å²) in [5.41, 5.74) is 9.32. The molecule has 1 rings (SSSR count). The number of hydrogen-bond acceptors (Lipinski definition) is 3. The highest BCUT2D eigenvalue weighted by molar-refractivity contribution is 6.00. The van der Waals surface area contributed by atoms with E-state index in [2.05, 4.69) is 30.4 Å². The molecule has 2 amide bonds. The topological polar surface area (TPSA) is 84.2 Å². The Morgan fingerprint density at radius 2 is 1.51 bits per heavy atom. The number of anilines is 1. The molecule has 0 spiro atoms. The van der Waals surface area contributed by atoms with E-state index in [1.165, 1.54) is 6.08 Å². The third-order valence-corrected chi connectivity index (χ3v) is 4.09. The molecule has 0 saturated carbocycles. The normalized spacial score (nSPS) is 11.3. The molecule has 4 N–H and O–H groups in total. The summed E-state index contributed by atoms with van der Waals surface area (Å²) in [7, 11) is 0. The molecular formula is C30H43N3O2. The maximum Gasteiger partial charge on any atom is 0.251 e. The third kappa shape index (κ3) is 15.6. The van der Waals surface area contributed by atoms with Crippen LogP contribution in [0.5, 0.6) is 0 Å². The summed E-state index contributed by atoms with van der Waals surface area (Å²) in [5, 5.41) is 5.55. The summed E-state index contributed by atoms with van der Waals surface area (Å²) < 4.78 is 0. The number of nitrogens with two attached hydrogens (primary N) is 1. The Hall–Kier alpha value is -3.86. The van der Waals surface area contributed by atoms with Gasteiger partial charge in [-0.3, -0.25) is 9.59 Å². The fraction of sp³-hybridized carbons (Fsp3) is 0.267. The van der Waals surface area contributed by atoms with Crippen molar-refractivity contribution >= 4 is 17.5 Å². The SMILES string of the molecule is C=C/C=C(\C=C/CC)C/C(N)=C/C(=O)Nc1ccc(C(=O)NC/C(C=C)=C/C=C)cc1.CC.CC. The smallest absolute Gasteiger partial charge is 0.251 e. The quantitative estimate of drug-likeness (QED) is 0.223. The van der Waals surface area contributed by atoms with Gasteiger partial charge in [0.05, 0.1) is 0 Å². The van der Waals surface area contributed by atoms with E-state index in [0.29, 0.717) is 29.9 Å². The zero-order chi connectivity index (χ0) is 27.1. The predicted molar refractivity (Wildman–Crippen MR) is 153 cm³/mol. The molecule has 5 heteroatoms. The molecule has 0 heterocycles. The van der Waals surface area contributed by atoms with Crippen molar-refractivity contribution in [3.8, 4) is 0 Å². The van der Waals surface area contributed by atoms with Gasteiger partial charge in [-0.2, -0.15) is 0 Å². The van der Waals surface area contributed by atoms with E-state index in [4.69, 9.17) is 5.73 Å². The summed E-state index contributed by atoms with van der Waals surface area (Å²) in [5.74, 6) is -0.558. The van der Waals surface area contributed by atoms with Gasteiger partial charge in [-0.1, -0.05) is 96.9 Å². The molecule has 0 aliphatic rings. The average molecular weight is 478 g/mol. The van der Waals surface area contributed by atoms with Crippen molar-refractivity contribution in [2.24, 2.45) is 5.73 Å². The van der Waals surface area contributed by atoms with Gasteiger partial charge in [-0.25, -0.2) is 0 Å². The van der Waals surface area contributed by atoms with Crippen molar-refractivity contribution in [3.63, 3.8) is 0 Å². The van der Waals surface area contributed by atoms with E-state index in [9.17, 15) is 9.59 Å². The lowest BCUT2D eigenvalue weighted by Crippen LogP contribution is -2.25. The van der Waals surface area contributed by atoms with Gasteiger partial charge in [0.1, 0.15) is 0 Å². The van der Waals surface area contributed by atoms with Crippen LogP contribution < -0.4 is 16.4 Å². The molecule has 190 valence electrons. The molecule has 1 aromatic carbocycles. The van der Waals surface area contributed by atoms with Gasteiger partial charge < -0.3 is 16.4 Å². The van der Waals surface area contributed by atoms with Crippen LogP contribution in [0.2, 0.25) is 0 Å². The van der Waals surface area contributed by atoms with Crippen molar-refractivity contribution in [2.45, 2.75) is 47.5 Å². The average Bonchev–Trinajstić information content (AvgIpc) is 2.87. The minimum atomic E-state index is -0.336. The number of hydrogen-bond donors (Lipinski definition) is 3. The Bertz CT molecular complexity index is 917. The maximum absolute atomic E-state index is 12.2. The predicted octanol–water partition coefficient (Wildman–Crippen LogP) is 7.02. The molecule has 0 atom stereocenters. The van der Waals surface area contributed by atoms with Gasteiger partial charge in [0.2, 0.25) is 5.91 Å². The summed E-state index contributed by atoms with van der Waals surface area (Å²) in [6.45, 7) is 21.4. The summed E-state index contributed by atoms with van der Waals surface area (Å²) >= 11 is 0. The minimum Gasteiger partial charge on any atom is -0.402 e. The van der Waals surface area contributed by atoms with E-state index in [-0.39, 0.29) is 11.8 Å². The van der Waals surface area contributed by atoms with Crippen LogP contribution in [0.1, 0.15) is 57.8 Å².